The predicted octanol–water partition coefficient (Wildman–Crippen LogP) is 5.32. The van der Waals surface area contributed by atoms with Crippen LogP contribution < -0.4 is 10.6 Å². The first kappa shape index (κ1) is 18.7. The van der Waals surface area contributed by atoms with Crippen molar-refractivity contribution in [3.63, 3.8) is 0 Å². The van der Waals surface area contributed by atoms with Gasteiger partial charge in [-0.15, -0.1) is 11.3 Å². The Morgan fingerprint density at radius 2 is 1.71 bits per heavy atom. The van der Waals surface area contributed by atoms with Crippen molar-refractivity contribution in [3.05, 3.63) is 81.2 Å². The summed E-state index contributed by atoms with van der Waals surface area (Å²) >= 11 is 7.43. The Labute approximate surface area is 172 Å². The van der Waals surface area contributed by atoms with E-state index < -0.39 is 0 Å². The fourth-order valence-corrected chi connectivity index (χ4v) is 4.84. The zero-order chi connectivity index (χ0) is 19.5. The zero-order valence-electron chi connectivity index (χ0n) is 15.1. The lowest BCUT2D eigenvalue weighted by molar-refractivity contribution is -0.115. The average molecular weight is 411 g/mol. The number of anilines is 2. The summed E-state index contributed by atoms with van der Waals surface area (Å²) in [4.78, 5) is 26.7. The van der Waals surface area contributed by atoms with Crippen molar-refractivity contribution in [1.82, 2.24) is 0 Å². The number of carbonyl (C=O) groups is 2. The van der Waals surface area contributed by atoms with Crippen LogP contribution in [0.15, 0.2) is 54.6 Å². The maximum atomic E-state index is 13.0. The molecule has 3 aromatic rings. The van der Waals surface area contributed by atoms with Crippen molar-refractivity contribution in [3.8, 4) is 0 Å². The van der Waals surface area contributed by atoms with Gasteiger partial charge in [0.15, 0.2) is 0 Å². The average Bonchev–Trinajstić information content (AvgIpc) is 3.25. The second-order valence-electron chi connectivity index (χ2n) is 6.73. The van der Waals surface area contributed by atoms with Crippen LogP contribution in [0, 0.1) is 0 Å². The summed E-state index contributed by atoms with van der Waals surface area (Å²) in [7, 11) is 0. The van der Waals surface area contributed by atoms with Crippen molar-refractivity contribution in [1.29, 1.82) is 0 Å². The van der Waals surface area contributed by atoms with Crippen LogP contribution in [-0.4, -0.2) is 11.8 Å². The van der Waals surface area contributed by atoms with Crippen LogP contribution in [0.5, 0.6) is 0 Å². The number of aryl methyl sites for hydroxylation is 1. The van der Waals surface area contributed by atoms with E-state index in [2.05, 4.69) is 10.6 Å². The zero-order valence-corrected chi connectivity index (χ0v) is 16.7. The van der Waals surface area contributed by atoms with Crippen molar-refractivity contribution in [2.45, 2.75) is 25.7 Å². The summed E-state index contributed by atoms with van der Waals surface area (Å²) in [5.41, 5.74) is 3.27. The second-order valence-corrected chi connectivity index (χ2v) is 8.27. The first-order valence-electron chi connectivity index (χ1n) is 9.15. The van der Waals surface area contributed by atoms with Gasteiger partial charge in [0, 0.05) is 15.6 Å². The molecule has 1 heterocycles. The van der Waals surface area contributed by atoms with Crippen LogP contribution >= 0.6 is 22.9 Å². The topological polar surface area (TPSA) is 58.2 Å². The molecule has 0 aliphatic heterocycles. The third kappa shape index (κ3) is 4.11. The molecule has 1 aliphatic carbocycles. The van der Waals surface area contributed by atoms with Gasteiger partial charge in [-0.2, -0.15) is 0 Å². The van der Waals surface area contributed by atoms with Crippen LogP contribution in [0.2, 0.25) is 5.02 Å². The maximum absolute atomic E-state index is 13.0. The predicted molar refractivity (Wildman–Crippen MR) is 115 cm³/mol. The van der Waals surface area contributed by atoms with Crippen molar-refractivity contribution >= 4 is 45.4 Å². The van der Waals surface area contributed by atoms with E-state index in [-0.39, 0.29) is 18.2 Å². The normalized spacial score (nSPS) is 12.5. The molecule has 2 N–H and O–H groups in total. The molecule has 1 aromatic heterocycles. The van der Waals surface area contributed by atoms with Crippen LogP contribution in [0.25, 0.3) is 0 Å². The Balaban J connectivity index is 1.55. The molecule has 4 nitrogen and oxygen atoms in total. The first-order valence-corrected chi connectivity index (χ1v) is 10.3. The summed E-state index contributed by atoms with van der Waals surface area (Å²) in [5, 5.41) is 7.13. The number of hydrogen-bond acceptors (Lipinski definition) is 3. The molecule has 4 rings (SSSR count). The molecule has 0 fully saturated rings. The molecule has 0 saturated heterocycles. The standard InChI is InChI=1S/C22H19ClN2O2S/c23-15-9-11-16(12-10-15)24-21(27)20-17-7-4-8-18(17)28-22(20)25-19(26)13-14-5-2-1-3-6-14/h1-3,5-6,9-12H,4,7-8,13H2,(H,24,27)(H,25,26). The molecular weight excluding hydrogens is 392 g/mol. The maximum Gasteiger partial charge on any atom is 0.258 e. The molecule has 0 radical (unpaired) electrons. The van der Waals surface area contributed by atoms with Gasteiger partial charge in [-0.05, 0) is 54.7 Å². The van der Waals surface area contributed by atoms with E-state index in [1.54, 1.807) is 24.3 Å². The first-order chi connectivity index (χ1) is 13.6. The molecule has 0 spiro atoms. The van der Waals surface area contributed by atoms with E-state index in [1.165, 1.54) is 16.2 Å². The Morgan fingerprint density at radius 3 is 2.46 bits per heavy atom. The number of fused-ring (bicyclic) bond motifs is 1. The molecule has 6 heteroatoms. The second kappa shape index (κ2) is 8.17. The van der Waals surface area contributed by atoms with E-state index in [4.69, 9.17) is 11.6 Å². The minimum absolute atomic E-state index is 0.119. The lowest BCUT2D eigenvalue weighted by atomic mass is 10.1. The number of rotatable bonds is 5. The molecule has 0 bridgehead atoms. The summed E-state index contributed by atoms with van der Waals surface area (Å²) in [6.07, 6.45) is 3.14. The summed E-state index contributed by atoms with van der Waals surface area (Å²) < 4.78 is 0. The van der Waals surface area contributed by atoms with Crippen molar-refractivity contribution in [2.24, 2.45) is 0 Å². The summed E-state index contributed by atoms with van der Waals surface area (Å²) in [6, 6.07) is 16.6. The van der Waals surface area contributed by atoms with Gasteiger partial charge in [0.25, 0.3) is 5.91 Å². The summed E-state index contributed by atoms with van der Waals surface area (Å²) in [5.74, 6) is -0.316. The van der Waals surface area contributed by atoms with Gasteiger partial charge in [-0.25, -0.2) is 0 Å². The SMILES string of the molecule is O=C(Cc1ccccc1)Nc1sc2c(c1C(=O)Nc1ccc(Cl)cc1)CCC2. The smallest absolute Gasteiger partial charge is 0.258 e. The van der Waals surface area contributed by atoms with Crippen LogP contribution in [-0.2, 0) is 24.1 Å². The minimum atomic E-state index is -0.197. The lowest BCUT2D eigenvalue weighted by Crippen LogP contribution is -2.19. The Bertz CT molecular complexity index is 1010. The highest BCUT2D eigenvalue weighted by atomic mass is 35.5. The molecule has 2 amide bonds. The van der Waals surface area contributed by atoms with Gasteiger partial charge in [0.05, 0.1) is 12.0 Å². The van der Waals surface area contributed by atoms with Gasteiger partial charge in [0.2, 0.25) is 5.91 Å². The van der Waals surface area contributed by atoms with Gasteiger partial charge >= 0.3 is 0 Å². The van der Waals surface area contributed by atoms with Crippen LogP contribution in [0.1, 0.15) is 32.8 Å². The number of thiophene rings is 1. The molecular formula is C22H19ClN2O2S. The van der Waals surface area contributed by atoms with Gasteiger partial charge in [-0.1, -0.05) is 41.9 Å². The van der Waals surface area contributed by atoms with Gasteiger partial charge in [-0.3, -0.25) is 9.59 Å². The highest BCUT2D eigenvalue weighted by Crippen LogP contribution is 2.39. The van der Waals surface area contributed by atoms with E-state index >= 15 is 0 Å². The Morgan fingerprint density at radius 1 is 0.964 bits per heavy atom. The molecule has 2 aromatic carbocycles. The van der Waals surface area contributed by atoms with Gasteiger partial charge < -0.3 is 10.6 Å². The lowest BCUT2D eigenvalue weighted by Gasteiger charge is -2.10. The highest BCUT2D eigenvalue weighted by molar-refractivity contribution is 7.17. The molecule has 1 aliphatic rings. The van der Waals surface area contributed by atoms with E-state index in [9.17, 15) is 9.59 Å². The number of halogens is 1. The van der Waals surface area contributed by atoms with E-state index in [0.29, 0.717) is 21.3 Å². The quantitative estimate of drug-likeness (QED) is 0.597. The number of hydrogen-bond donors (Lipinski definition) is 2. The largest absolute Gasteiger partial charge is 0.322 e. The Hall–Kier alpha value is -2.63. The number of nitrogens with one attached hydrogen (secondary N) is 2. The molecule has 0 atom stereocenters. The monoisotopic (exact) mass is 410 g/mol. The Kier molecular flexibility index (Phi) is 5.46. The molecule has 28 heavy (non-hydrogen) atoms. The third-order valence-electron chi connectivity index (χ3n) is 4.71. The fourth-order valence-electron chi connectivity index (χ4n) is 3.41. The fraction of sp³-hybridized carbons (Fsp3) is 0.182. The van der Waals surface area contributed by atoms with Gasteiger partial charge in [0.1, 0.15) is 5.00 Å². The summed E-state index contributed by atoms with van der Waals surface area (Å²) in [6.45, 7) is 0. The van der Waals surface area contributed by atoms with Crippen LogP contribution in [0.4, 0.5) is 10.7 Å². The van der Waals surface area contributed by atoms with Crippen molar-refractivity contribution in [2.75, 3.05) is 10.6 Å². The van der Waals surface area contributed by atoms with Crippen molar-refractivity contribution < 1.29 is 9.59 Å². The molecule has 0 unspecified atom stereocenters. The van der Waals surface area contributed by atoms with Crippen LogP contribution in [0.3, 0.4) is 0 Å². The third-order valence-corrected chi connectivity index (χ3v) is 6.17. The van der Waals surface area contributed by atoms with E-state index in [1.807, 2.05) is 30.3 Å². The minimum Gasteiger partial charge on any atom is -0.322 e. The highest BCUT2D eigenvalue weighted by Gasteiger charge is 2.27. The molecule has 0 saturated carbocycles. The number of benzene rings is 2. The van der Waals surface area contributed by atoms with E-state index in [0.717, 1.165) is 30.4 Å². The molecule has 142 valence electrons. The number of amides is 2. The number of carbonyl (C=O) groups excluding carboxylic acids is 2.